The van der Waals surface area contributed by atoms with Crippen LogP contribution in [0.1, 0.15) is 12.6 Å². The lowest BCUT2D eigenvalue weighted by Gasteiger charge is -2.49. The van der Waals surface area contributed by atoms with Crippen molar-refractivity contribution in [2.75, 3.05) is 11.5 Å². The number of aliphatic carboxylic acids is 1. The molecule has 5 N–H and O–H groups in total. The second kappa shape index (κ2) is 10.7. The standard InChI is InChI=1S/C23H20ClN7O6S2/c1-10(22(35)36)37-29-16(15-18(24)39-23(25)28-15)19(33)27-17-20(34)31-14(8-32)12(9-38-21(17)31)6-30-5-3-11-2-4-26-13(11)7-30/h2-5,7-8,10,17,21H,6,9H2,1H3,(H4,25,27,28,33,35,36)/p+1/b29-16-/t10-,17?,21?/m0/s1. The Morgan fingerprint density at radius 3 is 2.97 bits per heavy atom. The van der Waals surface area contributed by atoms with E-state index < -0.39 is 41.0 Å². The Hall–Kier alpha value is -3.95. The lowest BCUT2D eigenvalue weighted by Crippen LogP contribution is -2.70. The van der Waals surface area contributed by atoms with Crippen LogP contribution in [0.3, 0.4) is 0 Å². The molecular weight excluding hydrogens is 570 g/mol. The van der Waals surface area contributed by atoms with Gasteiger partial charge in [0.25, 0.3) is 11.8 Å². The van der Waals surface area contributed by atoms with Crippen LogP contribution < -0.4 is 15.6 Å². The number of amides is 2. The van der Waals surface area contributed by atoms with E-state index in [1.54, 1.807) is 0 Å². The minimum absolute atomic E-state index is 0.0347. The molecule has 13 nitrogen and oxygen atoms in total. The molecule has 39 heavy (non-hydrogen) atoms. The number of oxime groups is 1. The van der Waals surface area contributed by atoms with E-state index in [9.17, 15) is 19.2 Å². The SMILES string of the molecule is C[C@H](O/N=C(\C(=O)NC1C(=O)N2C(C=O)=C(C[n+]3ccc4cc[nH]c4c3)CSC12)c1nc(N)sc1Cl)C(=O)O. The number of aromatic nitrogens is 3. The molecule has 5 rings (SSSR count). The van der Waals surface area contributed by atoms with Crippen molar-refractivity contribution in [3.8, 4) is 0 Å². The summed E-state index contributed by atoms with van der Waals surface area (Å²) >= 11 is 8.44. The van der Waals surface area contributed by atoms with Gasteiger partial charge in [0.05, 0.1) is 5.70 Å². The predicted molar refractivity (Wildman–Crippen MR) is 143 cm³/mol. The molecule has 2 unspecified atom stereocenters. The number of hydrogen-bond donors (Lipinski definition) is 4. The number of thioether (sulfide) groups is 1. The molecule has 2 amide bonds. The molecule has 1 fully saturated rings. The van der Waals surface area contributed by atoms with Gasteiger partial charge in [0.1, 0.15) is 27.0 Å². The number of carboxylic acid groups (broad SMARTS) is 1. The normalized spacial score (nSPS) is 19.9. The number of nitrogens with zero attached hydrogens (tertiary/aromatic N) is 4. The number of aromatic amines is 1. The summed E-state index contributed by atoms with van der Waals surface area (Å²) in [7, 11) is 0. The van der Waals surface area contributed by atoms with Crippen LogP contribution >= 0.6 is 34.7 Å². The number of fused-ring (bicyclic) bond motifs is 2. The summed E-state index contributed by atoms with van der Waals surface area (Å²) in [4.78, 5) is 62.9. The minimum Gasteiger partial charge on any atom is -0.478 e. The van der Waals surface area contributed by atoms with E-state index in [1.807, 2.05) is 35.3 Å². The maximum absolute atomic E-state index is 13.2. The van der Waals surface area contributed by atoms with Gasteiger partial charge in [0.15, 0.2) is 36.1 Å². The molecule has 1 saturated heterocycles. The number of nitrogens with two attached hydrogens (primary N) is 1. The molecule has 202 valence electrons. The molecule has 2 aliphatic heterocycles. The molecule has 0 radical (unpaired) electrons. The molecule has 0 saturated carbocycles. The van der Waals surface area contributed by atoms with Crippen LogP contribution in [0.4, 0.5) is 5.13 Å². The fourth-order valence-corrected chi connectivity index (χ4v) is 6.40. The van der Waals surface area contributed by atoms with Crippen LogP contribution in [0.25, 0.3) is 10.9 Å². The lowest BCUT2D eigenvalue weighted by atomic mass is 10.0. The van der Waals surface area contributed by atoms with Gasteiger partial charge in [0, 0.05) is 29.0 Å². The second-order valence-corrected chi connectivity index (χ2v) is 11.4. The molecule has 0 bridgehead atoms. The van der Waals surface area contributed by atoms with Crippen molar-refractivity contribution >= 4 is 80.5 Å². The van der Waals surface area contributed by atoms with Crippen LogP contribution in [-0.4, -0.2) is 73.0 Å². The fourth-order valence-electron chi connectivity index (χ4n) is 4.12. The van der Waals surface area contributed by atoms with Crippen LogP contribution in [0.2, 0.25) is 4.34 Å². The van der Waals surface area contributed by atoms with Gasteiger partial charge in [-0.15, -0.1) is 11.8 Å². The van der Waals surface area contributed by atoms with Crippen LogP contribution in [0.5, 0.6) is 0 Å². The van der Waals surface area contributed by atoms with Crippen LogP contribution in [0.15, 0.2) is 47.1 Å². The number of carboxylic acids is 1. The Labute approximate surface area is 233 Å². The first-order chi connectivity index (χ1) is 18.7. The fraction of sp³-hybridized carbons (Fsp3) is 0.261. The van der Waals surface area contributed by atoms with E-state index in [2.05, 4.69) is 20.4 Å². The Bertz CT molecular complexity index is 1570. The highest BCUT2D eigenvalue weighted by Crippen LogP contribution is 2.39. The molecular formula is C23H21ClN7O6S2+. The number of nitrogens with one attached hydrogen (secondary N) is 2. The number of pyridine rings is 1. The average molecular weight is 591 g/mol. The highest BCUT2D eigenvalue weighted by atomic mass is 35.5. The number of carbonyl (C=O) groups is 4. The van der Waals surface area contributed by atoms with Crippen molar-refractivity contribution in [1.82, 2.24) is 20.2 Å². The third kappa shape index (κ3) is 5.07. The summed E-state index contributed by atoms with van der Waals surface area (Å²) in [6.45, 7) is 1.63. The molecule has 0 aromatic carbocycles. The summed E-state index contributed by atoms with van der Waals surface area (Å²) in [5.41, 5.74) is 7.11. The highest BCUT2D eigenvalue weighted by Gasteiger charge is 2.53. The van der Waals surface area contributed by atoms with Gasteiger partial charge in [-0.1, -0.05) is 28.1 Å². The van der Waals surface area contributed by atoms with Gasteiger partial charge in [-0.05, 0) is 13.0 Å². The predicted octanol–water partition coefficient (Wildman–Crippen LogP) is 0.894. The number of anilines is 1. The first kappa shape index (κ1) is 26.6. The molecule has 2 aliphatic rings. The maximum Gasteiger partial charge on any atom is 0.347 e. The molecule has 16 heteroatoms. The van der Waals surface area contributed by atoms with E-state index in [0.29, 0.717) is 18.6 Å². The summed E-state index contributed by atoms with van der Waals surface area (Å²) in [5, 5.41) is 15.9. The minimum atomic E-state index is -1.37. The Morgan fingerprint density at radius 2 is 2.28 bits per heavy atom. The topological polar surface area (TPSA) is 184 Å². The number of allylic oxidation sites excluding steroid dienone is 1. The van der Waals surface area contributed by atoms with Gasteiger partial charge in [-0.25, -0.2) is 9.78 Å². The highest BCUT2D eigenvalue weighted by molar-refractivity contribution is 8.00. The number of nitrogen functional groups attached to an aromatic ring is 1. The van der Waals surface area contributed by atoms with E-state index in [0.717, 1.165) is 27.8 Å². The number of β-lactam (4-membered cyclic amide) rings is 1. The van der Waals surface area contributed by atoms with Crippen molar-refractivity contribution in [1.29, 1.82) is 0 Å². The summed E-state index contributed by atoms with van der Waals surface area (Å²) in [6, 6.07) is 2.93. The van der Waals surface area contributed by atoms with Gasteiger partial charge < -0.3 is 26.0 Å². The van der Waals surface area contributed by atoms with Gasteiger partial charge in [-0.2, -0.15) is 4.57 Å². The monoisotopic (exact) mass is 590 g/mol. The first-order valence-electron chi connectivity index (χ1n) is 11.5. The smallest absolute Gasteiger partial charge is 0.347 e. The van der Waals surface area contributed by atoms with Crippen molar-refractivity contribution in [3.05, 3.63) is 52.0 Å². The second-order valence-electron chi connectivity index (χ2n) is 8.63. The van der Waals surface area contributed by atoms with Gasteiger partial charge in [0.2, 0.25) is 6.10 Å². The zero-order valence-corrected chi connectivity index (χ0v) is 22.5. The summed E-state index contributed by atoms with van der Waals surface area (Å²) in [6.07, 6.45) is 4.94. The number of thiazole rings is 1. The van der Waals surface area contributed by atoms with Crippen molar-refractivity contribution in [2.45, 2.75) is 31.0 Å². The number of H-pyrrole nitrogens is 1. The quantitative estimate of drug-likeness (QED) is 0.0924. The number of halogens is 1. The Kier molecular flexibility index (Phi) is 7.29. The van der Waals surface area contributed by atoms with Crippen molar-refractivity contribution in [3.63, 3.8) is 0 Å². The van der Waals surface area contributed by atoms with Crippen molar-refractivity contribution < 1.29 is 33.7 Å². The number of hydrogen-bond acceptors (Lipinski definition) is 10. The van der Waals surface area contributed by atoms with Crippen LogP contribution in [0, 0.1) is 0 Å². The zero-order chi connectivity index (χ0) is 27.8. The maximum atomic E-state index is 13.2. The zero-order valence-electron chi connectivity index (χ0n) is 20.2. The van der Waals surface area contributed by atoms with Gasteiger partial charge in [-0.3, -0.25) is 19.3 Å². The van der Waals surface area contributed by atoms with E-state index in [1.165, 1.54) is 23.6 Å². The number of carbonyl (C=O) groups excluding carboxylic acids is 3. The first-order valence-corrected chi connectivity index (χ1v) is 13.7. The molecule has 0 spiro atoms. The van der Waals surface area contributed by atoms with E-state index in [4.69, 9.17) is 27.3 Å². The summed E-state index contributed by atoms with van der Waals surface area (Å²) < 4.78 is 1.96. The number of aldehydes is 1. The molecule has 3 aromatic heterocycles. The van der Waals surface area contributed by atoms with Crippen molar-refractivity contribution in [2.24, 2.45) is 5.16 Å². The van der Waals surface area contributed by atoms with Crippen LogP contribution in [-0.2, 0) is 30.6 Å². The number of rotatable bonds is 9. The Balaban J connectivity index is 1.34. The molecule has 0 aliphatic carbocycles. The molecule has 3 aromatic rings. The average Bonchev–Trinajstić information content (AvgIpc) is 3.51. The third-order valence-electron chi connectivity index (χ3n) is 6.11. The van der Waals surface area contributed by atoms with Gasteiger partial charge >= 0.3 is 5.97 Å². The largest absolute Gasteiger partial charge is 0.478 e. The molecule has 5 heterocycles. The lowest BCUT2D eigenvalue weighted by molar-refractivity contribution is -0.687. The molecule has 3 atom stereocenters. The van der Waals surface area contributed by atoms with E-state index in [-0.39, 0.29) is 20.9 Å². The Morgan fingerprint density at radius 1 is 1.49 bits per heavy atom. The third-order valence-corrected chi connectivity index (χ3v) is 8.53. The summed E-state index contributed by atoms with van der Waals surface area (Å²) in [5.74, 6) is -2.19. The van der Waals surface area contributed by atoms with E-state index >= 15 is 0 Å².